The number of hydrogen-bond acceptors (Lipinski definition) is 3. The normalized spacial score (nSPS) is 12.6. The van der Waals surface area contributed by atoms with Gasteiger partial charge in [-0.2, -0.15) is 0 Å². The summed E-state index contributed by atoms with van der Waals surface area (Å²) in [6.45, 7) is 9.20. The molecule has 2 aromatic rings. The number of ether oxygens (including phenoxy) is 1. The van der Waals surface area contributed by atoms with Crippen LogP contribution in [0.15, 0.2) is 30.9 Å². The molecule has 102 valence electrons. The maximum atomic E-state index is 6.14. The standard InChI is InChI=1S/C15H21N3O/c1-4-9-18-14-8-7-11(19-6-3)10-13(14)17-15(18)12(16)5-2/h4,7-8,10,12H,1,5-6,9,16H2,2-3H3. The molecule has 4 nitrogen and oxygen atoms in total. The summed E-state index contributed by atoms with van der Waals surface area (Å²) in [6, 6.07) is 5.91. The highest BCUT2D eigenvalue weighted by atomic mass is 16.5. The molecule has 0 aliphatic carbocycles. The molecule has 0 radical (unpaired) electrons. The van der Waals surface area contributed by atoms with Crippen LogP contribution >= 0.6 is 0 Å². The number of nitrogens with zero attached hydrogens (tertiary/aromatic N) is 2. The Morgan fingerprint density at radius 3 is 2.89 bits per heavy atom. The Morgan fingerprint density at radius 2 is 2.26 bits per heavy atom. The van der Waals surface area contributed by atoms with Crippen molar-refractivity contribution in [1.29, 1.82) is 0 Å². The Bertz CT molecular complexity index is 574. The van der Waals surface area contributed by atoms with Crippen LogP contribution in [0.2, 0.25) is 0 Å². The Hall–Kier alpha value is -1.81. The second-order valence-corrected chi connectivity index (χ2v) is 4.47. The molecule has 1 unspecified atom stereocenters. The molecule has 2 N–H and O–H groups in total. The van der Waals surface area contributed by atoms with Crippen molar-refractivity contribution in [3.8, 4) is 5.75 Å². The lowest BCUT2D eigenvalue weighted by Gasteiger charge is -2.11. The zero-order valence-corrected chi connectivity index (χ0v) is 11.6. The fraction of sp³-hybridized carbons (Fsp3) is 0.400. The Kier molecular flexibility index (Phi) is 4.22. The number of hydrogen-bond donors (Lipinski definition) is 1. The number of benzene rings is 1. The van der Waals surface area contributed by atoms with Gasteiger partial charge in [-0.15, -0.1) is 6.58 Å². The molecule has 1 aromatic carbocycles. The van der Waals surface area contributed by atoms with Crippen molar-refractivity contribution in [2.24, 2.45) is 5.73 Å². The Morgan fingerprint density at radius 1 is 1.47 bits per heavy atom. The largest absolute Gasteiger partial charge is 0.494 e. The van der Waals surface area contributed by atoms with Crippen molar-refractivity contribution in [1.82, 2.24) is 9.55 Å². The van der Waals surface area contributed by atoms with Gasteiger partial charge in [-0.25, -0.2) is 4.98 Å². The van der Waals surface area contributed by atoms with E-state index in [1.165, 1.54) is 0 Å². The summed E-state index contributed by atoms with van der Waals surface area (Å²) in [4.78, 5) is 4.66. The average Bonchev–Trinajstić information content (AvgIpc) is 2.77. The highest BCUT2D eigenvalue weighted by Crippen LogP contribution is 2.25. The van der Waals surface area contributed by atoms with Crippen LogP contribution in [0.1, 0.15) is 32.1 Å². The van der Waals surface area contributed by atoms with E-state index in [9.17, 15) is 0 Å². The molecule has 0 aliphatic rings. The van der Waals surface area contributed by atoms with Gasteiger partial charge in [0.1, 0.15) is 11.6 Å². The molecule has 0 fully saturated rings. The fourth-order valence-electron chi connectivity index (χ4n) is 2.17. The van der Waals surface area contributed by atoms with Gasteiger partial charge >= 0.3 is 0 Å². The van der Waals surface area contributed by atoms with E-state index >= 15 is 0 Å². The molecule has 0 bridgehead atoms. The zero-order chi connectivity index (χ0) is 13.8. The predicted octanol–water partition coefficient (Wildman–Crippen LogP) is 3.03. The van der Waals surface area contributed by atoms with Gasteiger partial charge in [-0.05, 0) is 25.5 Å². The second kappa shape index (κ2) is 5.89. The van der Waals surface area contributed by atoms with Crippen LogP contribution in [-0.4, -0.2) is 16.2 Å². The van der Waals surface area contributed by atoms with Gasteiger partial charge < -0.3 is 15.0 Å². The molecule has 19 heavy (non-hydrogen) atoms. The van der Waals surface area contributed by atoms with Crippen LogP contribution in [0.5, 0.6) is 5.75 Å². The summed E-state index contributed by atoms with van der Waals surface area (Å²) in [7, 11) is 0. The van der Waals surface area contributed by atoms with Gasteiger partial charge in [0.05, 0.1) is 23.7 Å². The van der Waals surface area contributed by atoms with Gasteiger partial charge in [0.2, 0.25) is 0 Å². The highest BCUT2D eigenvalue weighted by Gasteiger charge is 2.15. The highest BCUT2D eigenvalue weighted by molar-refractivity contribution is 5.78. The first-order chi connectivity index (χ1) is 9.21. The molecule has 0 saturated heterocycles. The molecule has 0 amide bonds. The minimum atomic E-state index is -0.0529. The summed E-state index contributed by atoms with van der Waals surface area (Å²) in [5.41, 5.74) is 8.13. The number of allylic oxidation sites excluding steroid dienone is 1. The van der Waals surface area contributed by atoms with Crippen molar-refractivity contribution in [3.05, 3.63) is 36.7 Å². The van der Waals surface area contributed by atoms with Crippen LogP contribution in [0, 0.1) is 0 Å². The maximum Gasteiger partial charge on any atom is 0.127 e. The molecular weight excluding hydrogens is 238 g/mol. The number of imidazole rings is 1. The van der Waals surface area contributed by atoms with E-state index in [0.717, 1.165) is 29.0 Å². The predicted molar refractivity (Wildman–Crippen MR) is 78.3 cm³/mol. The smallest absolute Gasteiger partial charge is 0.127 e. The summed E-state index contributed by atoms with van der Waals surface area (Å²) in [5.74, 6) is 1.75. The molecule has 0 saturated carbocycles. The SMILES string of the molecule is C=CCn1c(C(N)CC)nc2cc(OCC)ccc21. The first kappa shape index (κ1) is 13.6. The van der Waals surface area contributed by atoms with E-state index in [1.807, 2.05) is 31.2 Å². The molecule has 0 aliphatic heterocycles. The molecule has 4 heteroatoms. The Labute approximate surface area is 113 Å². The monoisotopic (exact) mass is 259 g/mol. The Balaban J connectivity index is 2.54. The van der Waals surface area contributed by atoms with E-state index in [4.69, 9.17) is 10.5 Å². The number of rotatable bonds is 6. The van der Waals surface area contributed by atoms with Crippen molar-refractivity contribution in [3.63, 3.8) is 0 Å². The second-order valence-electron chi connectivity index (χ2n) is 4.47. The van der Waals surface area contributed by atoms with Crippen molar-refractivity contribution < 1.29 is 4.74 Å². The quantitative estimate of drug-likeness (QED) is 0.811. The van der Waals surface area contributed by atoms with Crippen LogP contribution in [0.4, 0.5) is 0 Å². The number of fused-ring (bicyclic) bond motifs is 1. The molecule has 1 heterocycles. The summed E-state index contributed by atoms with van der Waals surface area (Å²) in [5, 5.41) is 0. The number of nitrogens with two attached hydrogens (primary N) is 1. The minimum absolute atomic E-state index is 0.0529. The molecule has 0 spiro atoms. The van der Waals surface area contributed by atoms with Gasteiger partial charge in [0.15, 0.2) is 0 Å². The van der Waals surface area contributed by atoms with Gasteiger partial charge in [0.25, 0.3) is 0 Å². The van der Waals surface area contributed by atoms with Crippen LogP contribution in [0.3, 0.4) is 0 Å². The first-order valence-corrected chi connectivity index (χ1v) is 6.70. The first-order valence-electron chi connectivity index (χ1n) is 6.70. The lowest BCUT2D eigenvalue weighted by Crippen LogP contribution is -2.15. The van der Waals surface area contributed by atoms with Gasteiger partial charge in [-0.1, -0.05) is 13.0 Å². The van der Waals surface area contributed by atoms with Gasteiger partial charge in [0, 0.05) is 12.6 Å². The fourth-order valence-corrected chi connectivity index (χ4v) is 2.17. The third kappa shape index (κ3) is 2.63. The van der Waals surface area contributed by atoms with E-state index in [-0.39, 0.29) is 6.04 Å². The van der Waals surface area contributed by atoms with Crippen molar-refractivity contribution in [2.45, 2.75) is 32.9 Å². The topological polar surface area (TPSA) is 53.1 Å². The lowest BCUT2D eigenvalue weighted by atomic mass is 10.2. The van der Waals surface area contributed by atoms with Crippen molar-refractivity contribution in [2.75, 3.05) is 6.61 Å². The molecule has 1 aromatic heterocycles. The lowest BCUT2D eigenvalue weighted by molar-refractivity contribution is 0.340. The van der Waals surface area contributed by atoms with E-state index < -0.39 is 0 Å². The third-order valence-corrected chi connectivity index (χ3v) is 3.14. The summed E-state index contributed by atoms with van der Waals surface area (Å²) < 4.78 is 7.63. The number of aromatic nitrogens is 2. The summed E-state index contributed by atoms with van der Waals surface area (Å²) in [6.07, 6.45) is 2.72. The van der Waals surface area contributed by atoms with E-state index in [2.05, 4.69) is 23.1 Å². The van der Waals surface area contributed by atoms with Gasteiger partial charge in [-0.3, -0.25) is 0 Å². The molecule has 2 rings (SSSR count). The zero-order valence-electron chi connectivity index (χ0n) is 11.6. The minimum Gasteiger partial charge on any atom is -0.494 e. The molecule has 1 atom stereocenters. The van der Waals surface area contributed by atoms with Crippen molar-refractivity contribution >= 4 is 11.0 Å². The average molecular weight is 259 g/mol. The van der Waals surface area contributed by atoms with E-state index in [0.29, 0.717) is 13.2 Å². The van der Waals surface area contributed by atoms with Crippen LogP contribution < -0.4 is 10.5 Å². The maximum absolute atomic E-state index is 6.14. The van der Waals surface area contributed by atoms with Crippen LogP contribution in [0.25, 0.3) is 11.0 Å². The third-order valence-electron chi connectivity index (χ3n) is 3.14. The van der Waals surface area contributed by atoms with Crippen LogP contribution in [-0.2, 0) is 6.54 Å². The summed E-state index contributed by atoms with van der Waals surface area (Å²) >= 11 is 0. The van der Waals surface area contributed by atoms with E-state index in [1.54, 1.807) is 0 Å². The molecular formula is C15H21N3O.